The number of hydrogen-bond acceptors (Lipinski definition) is 2. The third-order valence-electron chi connectivity index (χ3n) is 3.35. The molecule has 0 unspecified atom stereocenters. The smallest absolute Gasteiger partial charge is 0.249 e. The molecule has 0 saturated heterocycles. The number of primary amides is 1. The van der Waals surface area contributed by atoms with Crippen molar-refractivity contribution in [3.05, 3.63) is 64.7 Å². The van der Waals surface area contributed by atoms with Crippen molar-refractivity contribution in [2.75, 3.05) is 5.73 Å². The van der Waals surface area contributed by atoms with E-state index in [-0.39, 0.29) is 0 Å². The van der Waals surface area contributed by atoms with Crippen molar-refractivity contribution in [2.24, 2.45) is 5.73 Å². The Bertz CT molecular complexity index is 591. The van der Waals surface area contributed by atoms with Crippen molar-refractivity contribution in [3.8, 4) is 0 Å². The standard InChI is InChI=1S/C16H18N2O/c1-11-7-9-14(16(18)19)13(15(11)17)10-8-12-5-3-2-4-6-12/h2-7,9H,8,10,17H2,1H3,(H2,18,19). The molecule has 98 valence electrons. The zero-order valence-electron chi connectivity index (χ0n) is 11.0. The van der Waals surface area contributed by atoms with E-state index in [2.05, 4.69) is 12.1 Å². The highest BCUT2D eigenvalue weighted by molar-refractivity contribution is 5.96. The van der Waals surface area contributed by atoms with Crippen LogP contribution in [0.25, 0.3) is 0 Å². The van der Waals surface area contributed by atoms with E-state index >= 15 is 0 Å². The summed E-state index contributed by atoms with van der Waals surface area (Å²) in [7, 11) is 0. The van der Waals surface area contributed by atoms with Gasteiger partial charge < -0.3 is 11.5 Å². The maximum Gasteiger partial charge on any atom is 0.249 e. The quantitative estimate of drug-likeness (QED) is 0.823. The predicted octanol–water partition coefficient (Wildman–Crippen LogP) is 2.46. The molecular formula is C16H18N2O. The van der Waals surface area contributed by atoms with Crippen LogP contribution in [0.4, 0.5) is 5.69 Å². The number of amides is 1. The van der Waals surface area contributed by atoms with Gasteiger partial charge in [0.2, 0.25) is 5.91 Å². The third kappa shape index (κ3) is 2.94. The molecule has 3 nitrogen and oxygen atoms in total. The van der Waals surface area contributed by atoms with E-state index in [0.717, 1.165) is 24.0 Å². The lowest BCUT2D eigenvalue weighted by atomic mass is 9.95. The Hall–Kier alpha value is -2.29. The Labute approximate surface area is 113 Å². The first-order valence-electron chi connectivity index (χ1n) is 6.31. The summed E-state index contributed by atoms with van der Waals surface area (Å²) in [6, 6.07) is 13.7. The fraction of sp³-hybridized carbons (Fsp3) is 0.188. The Morgan fingerprint density at radius 1 is 1.05 bits per heavy atom. The molecule has 4 N–H and O–H groups in total. The number of carbonyl (C=O) groups excluding carboxylic acids is 1. The number of nitrogens with two attached hydrogens (primary N) is 2. The van der Waals surface area contributed by atoms with Gasteiger partial charge in [0.25, 0.3) is 0 Å². The van der Waals surface area contributed by atoms with Crippen molar-refractivity contribution in [1.82, 2.24) is 0 Å². The zero-order chi connectivity index (χ0) is 13.8. The summed E-state index contributed by atoms with van der Waals surface area (Å²) < 4.78 is 0. The molecule has 0 spiro atoms. The van der Waals surface area contributed by atoms with Gasteiger partial charge in [0.05, 0.1) is 0 Å². The molecule has 0 aliphatic carbocycles. The van der Waals surface area contributed by atoms with Gasteiger partial charge in [-0.1, -0.05) is 36.4 Å². The molecule has 0 aromatic heterocycles. The molecular weight excluding hydrogens is 236 g/mol. The van der Waals surface area contributed by atoms with Crippen LogP contribution in [0, 0.1) is 6.92 Å². The predicted molar refractivity (Wildman–Crippen MR) is 78.0 cm³/mol. The van der Waals surface area contributed by atoms with E-state index in [1.54, 1.807) is 6.07 Å². The molecule has 0 radical (unpaired) electrons. The first kappa shape index (κ1) is 13.1. The Kier molecular flexibility index (Phi) is 3.85. The highest BCUT2D eigenvalue weighted by atomic mass is 16.1. The number of carbonyl (C=O) groups is 1. The summed E-state index contributed by atoms with van der Waals surface area (Å²) in [6.45, 7) is 1.94. The van der Waals surface area contributed by atoms with Crippen molar-refractivity contribution < 1.29 is 4.79 Å². The summed E-state index contributed by atoms with van der Waals surface area (Å²) in [6.07, 6.45) is 1.56. The molecule has 2 aromatic carbocycles. The molecule has 3 heteroatoms. The van der Waals surface area contributed by atoms with Gasteiger partial charge in [-0.25, -0.2) is 0 Å². The Morgan fingerprint density at radius 3 is 2.37 bits per heavy atom. The van der Waals surface area contributed by atoms with Crippen molar-refractivity contribution in [3.63, 3.8) is 0 Å². The van der Waals surface area contributed by atoms with Crippen LogP contribution in [-0.2, 0) is 12.8 Å². The number of benzene rings is 2. The fourth-order valence-electron chi connectivity index (χ4n) is 2.20. The zero-order valence-corrected chi connectivity index (χ0v) is 11.0. The van der Waals surface area contributed by atoms with E-state index in [0.29, 0.717) is 11.3 Å². The second kappa shape index (κ2) is 5.57. The van der Waals surface area contributed by atoms with E-state index in [9.17, 15) is 4.79 Å². The number of aryl methyl sites for hydroxylation is 2. The molecule has 2 rings (SSSR count). The number of anilines is 1. The van der Waals surface area contributed by atoms with Gasteiger partial charge >= 0.3 is 0 Å². The normalized spacial score (nSPS) is 10.4. The summed E-state index contributed by atoms with van der Waals surface area (Å²) in [5.74, 6) is -0.422. The molecule has 1 amide bonds. The molecule has 0 atom stereocenters. The highest BCUT2D eigenvalue weighted by Crippen LogP contribution is 2.23. The van der Waals surface area contributed by atoms with Crippen LogP contribution in [0.1, 0.15) is 27.0 Å². The Balaban J connectivity index is 2.28. The van der Waals surface area contributed by atoms with Crippen LogP contribution in [0.15, 0.2) is 42.5 Å². The number of nitrogen functional groups attached to an aromatic ring is 1. The molecule has 0 aliphatic heterocycles. The lowest BCUT2D eigenvalue weighted by Gasteiger charge is -2.12. The fourth-order valence-corrected chi connectivity index (χ4v) is 2.20. The minimum Gasteiger partial charge on any atom is -0.398 e. The molecule has 0 saturated carbocycles. The van der Waals surface area contributed by atoms with E-state index < -0.39 is 5.91 Å². The summed E-state index contributed by atoms with van der Waals surface area (Å²) in [4.78, 5) is 11.5. The summed E-state index contributed by atoms with van der Waals surface area (Å²) in [5.41, 5.74) is 15.7. The van der Waals surface area contributed by atoms with Gasteiger partial charge in [-0.05, 0) is 42.5 Å². The molecule has 0 bridgehead atoms. The van der Waals surface area contributed by atoms with Gasteiger partial charge in [-0.15, -0.1) is 0 Å². The second-order valence-electron chi connectivity index (χ2n) is 4.67. The van der Waals surface area contributed by atoms with Gasteiger partial charge in [0.1, 0.15) is 0 Å². The molecule has 0 heterocycles. The maximum absolute atomic E-state index is 11.5. The first-order valence-corrected chi connectivity index (χ1v) is 6.31. The lowest BCUT2D eigenvalue weighted by Crippen LogP contribution is -2.16. The Morgan fingerprint density at radius 2 is 1.74 bits per heavy atom. The molecule has 0 fully saturated rings. The van der Waals surface area contributed by atoms with Gasteiger partial charge in [-0.2, -0.15) is 0 Å². The lowest BCUT2D eigenvalue weighted by molar-refractivity contribution is 0.0999. The molecule has 2 aromatic rings. The van der Waals surface area contributed by atoms with Crippen LogP contribution in [-0.4, -0.2) is 5.91 Å². The molecule has 0 aliphatic rings. The minimum atomic E-state index is -0.422. The number of rotatable bonds is 4. The molecule has 19 heavy (non-hydrogen) atoms. The average Bonchev–Trinajstić information content (AvgIpc) is 2.41. The van der Waals surface area contributed by atoms with Gasteiger partial charge in [0.15, 0.2) is 0 Å². The van der Waals surface area contributed by atoms with E-state index in [4.69, 9.17) is 11.5 Å². The largest absolute Gasteiger partial charge is 0.398 e. The van der Waals surface area contributed by atoms with E-state index in [1.807, 2.05) is 31.2 Å². The van der Waals surface area contributed by atoms with Crippen LogP contribution in [0.3, 0.4) is 0 Å². The average molecular weight is 254 g/mol. The van der Waals surface area contributed by atoms with Gasteiger partial charge in [-0.3, -0.25) is 4.79 Å². The third-order valence-corrected chi connectivity index (χ3v) is 3.35. The summed E-state index contributed by atoms with van der Waals surface area (Å²) >= 11 is 0. The topological polar surface area (TPSA) is 69.1 Å². The first-order chi connectivity index (χ1) is 9.09. The highest BCUT2D eigenvalue weighted by Gasteiger charge is 2.12. The monoisotopic (exact) mass is 254 g/mol. The second-order valence-corrected chi connectivity index (χ2v) is 4.67. The van der Waals surface area contributed by atoms with Crippen molar-refractivity contribution in [1.29, 1.82) is 0 Å². The van der Waals surface area contributed by atoms with Crippen LogP contribution >= 0.6 is 0 Å². The maximum atomic E-state index is 11.5. The summed E-state index contributed by atoms with van der Waals surface area (Å²) in [5, 5.41) is 0. The van der Waals surface area contributed by atoms with Gasteiger partial charge in [0, 0.05) is 11.3 Å². The van der Waals surface area contributed by atoms with Crippen molar-refractivity contribution in [2.45, 2.75) is 19.8 Å². The minimum absolute atomic E-state index is 0.422. The van der Waals surface area contributed by atoms with E-state index in [1.165, 1.54) is 5.56 Å². The van der Waals surface area contributed by atoms with Crippen LogP contribution < -0.4 is 11.5 Å². The SMILES string of the molecule is Cc1ccc(C(N)=O)c(CCc2ccccc2)c1N. The van der Waals surface area contributed by atoms with Crippen LogP contribution in [0.5, 0.6) is 0 Å². The van der Waals surface area contributed by atoms with Crippen LogP contribution in [0.2, 0.25) is 0 Å². The number of hydrogen-bond donors (Lipinski definition) is 2. The van der Waals surface area contributed by atoms with Crippen molar-refractivity contribution >= 4 is 11.6 Å².